The van der Waals surface area contributed by atoms with Crippen LogP contribution in [0.15, 0.2) is 30.5 Å². The fourth-order valence-electron chi connectivity index (χ4n) is 1.93. The lowest BCUT2D eigenvalue weighted by atomic mass is 10.1. The summed E-state index contributed by atoms with van der Waals surface area (Å²) < 4.78 is 36.8. The SMILES string of the molecule is CN(CCC(F)(F)F)c1ccnc2c(N)cccc12. The third kappa shape index (κ3) is 3.07. The molecule has 1 aromatic heterocycles. The topological polar surface area (TPSA) is 42.2 Å². The third-order valence-corrected chi connectivity index (χ3v) is 2.92. The highest BCUT2D eigenvalue weighted by atomic mass is 19.4. The van der Waals surface area contributed by atoms with Crippen molar-refractivity contribution < 1.29 is 13.2 Å². The van der Waals surface area contributed by atoms with Crippen LogP contribution < -0.4 is 10.6 Å². The molecule has 19 heavy (non-hydrogen) atoms. The van der Waals surface area contributed by atoms with Crippen LogP contribution >= 0.6 is 0 Å². The normalized spacial score (nSPS) is 11.8. The van der Waals surface area contributed by atoms with Gasteiger partial charge in [-0.05, 0) is 12.1 Å². The summed E-state index contributed by atoms with van der Waals surface area (Å²) in [6.45, 7) is -0.0998. The number of anilines is 2. The third-order valence-electron chi connectivity index (χ3n) is 2.92. The Labute approximate surface area is 108 Å². The standard InChI is InChI=1S/C13H14F3N3/c1-19(8-6-13(14,15)16)11-5-7-18-12-9(11)3-2-4-10(12)17/h2-5,7H,6,8,17H2,1H3. The highest BCUT2D eigenvalue weighted by Gasteiger charge is 2.27. The van der Waals surface area contributed by atoms with Crippen molar-refractivity contribution in [2.75, 3.05) is 24.2 Å². The molecule has 0 fully saturated rings. The van der Waals surface area contributed by atoms with E-state index < -0.39 is 12.6 Å². The average molecular weight is 269 g/mol. The minimum absolute atomic E-state index is 0.0998. The van der Waals surface area contributed by atoms with Crippen LogP contribution in [0.2, 0.25) is 0 Å². The van der Waals surface area contributed by atoms with Crippen molar-refractivity contribution in [2.45, 2.75) is 12.6 Å². The van der Waals surface area contributed by atoms with E-state index in [9.17, 15) is 13.2 Å². The quantitative estimate of drug-likeness (QED) is 0.870. The Morgan fingerprint density at radius 1 is 1.26 bits per heavy atom. The molecule has 2 aromatic rings. The van der Waals surface area contributed by atoms with Crippen LogP contribution in [0.25, 0.3) is 10.9 Å². The molecule has 1 aromatic carbocycles. The molecule has 0 spiro atoms. The number of nitrogen functional groups attached to an aromatic ring is 1. The van der Waals surface area contributed by atoms with Gasteiger partial charge in [0.25, 0.3) is 0 Å². The summed E-state index contributed by atoms with van der Waals surface area (Å²) in [6.07, 6.45) is -3.45. The van der Waals surface area contributed by atoms with Crippen molar-refractivity contribution >= 4 is 22.3 Å². The van der Waals surface area contributed by atoms with Crippen molar-refractivity contribution in [3.8, 4) is 0 Å². The molecular weight excluding hydrogens is 255 g/mol. The Morgan fingerprint density at radius 2 is 2.00 bits per heavy atom. The highest BCUT2D eigenvalue weighted by molar-refractivity contribution is 5.97. The number of pyridine rings is 1. The Morgan fingerprint density at radius 3 is 2.68 bits per heavy atom. The summed E-state index contributed by atoms with van der Waals surface area (Å²) in [5.41, 5.74) is 7.63. The molecule has 0 saturated carbocycles. The van der Waals surface area contributed by atoms with Gasteiger partial charge in [-0.1, -0.05) is 12.1 Å². The van der Waals surface area contributed by atoms with Crippen LogP contribution in [-0.4, -0.2) is 24.8 Å². The lowest BCUT2D eigenvalue weighted by Gasteiger charge is -2.21. The summed E-state index contributed by atoms with van der Waals surface area (Å²) in [5, 5.41) is 0.757. The predicted molar refractivity (Wildman–Crippen MR) is 70.1 cm³/mol. The Kier molecular flexibility index (Phi) is 3.50. The monoisotopic (exact) mass is 269 g/mol. The van der Waals surface area contributed by atoms with E-state index in [0.717, 1.165) is 5.39 Å². The van der Waals surface area contributed by atoms with E-state index in [2.05, 4.69) is 4.98 Å². The first-order valence-electron chi connectivity index (χ1n) is 5.79. The van der Waals surface area contributed by atoms with Gasteiger partial charge in [-0.2, -0.15) is 13.2 Å². The first-order valence-corrected chi connectivity index (χ1v) is 5.79. The fourth-order valence-corrected chi connectivity index (χ4v) is 1.93. The van der Waals surface area contributed by atoms with Crippen molar-refractivity contribution in [1.82, 2.24) is 4.98 Å². The van der Waals surface area contributed by atoms with Crippen LogP contribution in [0.3, 0.4) is 0 Å². The van der Waals surface area contributed by atoms with Crippen molar-refractivity contribution in [3.63, 3.8) is 0 Å². The molecular formula is C13H14F3N3. The smallest absolute Gasteiger partial charge is 0.390 e. The molecule has 0 saturated heterocycles. The zero-order valence-electron chi connectivity index (χ0n) is 10.4. The second-order valence-corrected chi connectivity index (χ2v) is 4.36. The number of fused-ring (bicyclic) bond motifs is 1. The molecule has 0 radical (unpaired) electrons. The van der Waals surface area contributed by atoms with Gasteiger partial charge < -0.3 is 10.6 Å². The first kappa shape index (κ1) is 13.5. The Hall–Kier alpha value is -1.98. The minimum Gasteiger partial charge on any atom is -0.397 e. The first-order chi connectivity index (χ1) is 8.88. The summed E-state index contributed by atoms with van der Waals surface area (Å²) in [4.78, 5) is 5.73. The van der Waals surface area contributed by atoms with Gasteiger partial charge in [0.15, 0.2) is 0 Å². The maximum absolute atomic E-state index is 12.3. The van der Waals surface area contributed by atoms with E-state index in [1.165, 1.54) is 0 Å². The van der Waals surface area contributed by atoms with Crippen LogP contribution in [0.1, 0.15) is 6.42 Å². The van der Waals surface area contributed by atoms with Gasteiger partial charge in [0.2, 0.25) is 0 Å². The second kappa shape index (κ2) is 4.95. The number of rotatable bonds is 3. The number of benzene rings is 1. The second-order valence-electron chi connectivity index (χ2n) is 4.36. The summed E-state index contributed by atoms with van der Waals surface area (Å²) in [5.74, 6) is 0. The van der Waals surface area contributed by atoms with E-state index >= 15 is 0 Å². The van der Waals surface area contributed by atoms with E-state index in [4.69, 9.17) is 5.73 Å². The van der Waals surface area contributed by atoms with Gasteiger partial charge in [-0.25, -0.2) is 0 Å². The number of hydrogen-bond acceptors (Lipinski definition) is 3. The Bertz CT molecular complexity index is 581. The van der Waals surface area contributed by atoms with Crippen LogP contribution in [0.4, 0.5) is 24.5 Å². The number of para-hydroxylation sites is 1. The van der Waals surface area contributed by atoms with Crippen LogP contribution in [0.5, 0.6) is 0 Å². The number of halogens is 3. The van der Waals surface area contributed by atoms with Gasteiger partial charge in [0, 0.05) is 30.9 Å². The molecule has 2 rings (SSSR count). The Balaban J connectivity index is 2.32. The molecule has 0 atom stereocenters. The molecule has 0 aliphatic rings. The van der Waals surface area contributed by atoms with E-state index in [1.807, 2.05) is 0 Å². The highest BCUT2D eigenvalue weighted by Crippen LogP contribution is 2.29. The predicted octanol–water partition coefficient (Wildman–Crippen LogP) is 3.21. The van der Waals surface area contributed by atoms with Crippen molar-refractivity contribution in [3.05, 3.63) is 30.5 Å². The summed E-state index contributed by atoms with van der Waals surface area (Å²) in [6, 6.07) is 6.98. The number of aromatic nitrogens is 1. The van der Waals surface area contributed by atoms with Gasteiger partial charge in [0.05, 0.1) is 17.6 Å². The molecule has 3 nitrogen and oxygen atoms in total. The maximum Gasteiger partial charge on any atom is 0.390 e. The largest absolute Gasteiger partial charge is 0.397 e. The lowest BCUT2D eigenvalue weighted by Crippen LogP contribution is -2.24. The molecule has 0 unspecified atom stereocenters. The van der Waals surface area contributed by atoms with Gasteiger partial charge in [0.1, 0.15) is 0 Å². The van der Waals surface area contributed by atoms with Crippen LogP contribution in [-0.2, 0) is 0 Å². The fraction of sp³-hybridized carbons (Fsp3) is 0.308. The van der Waals surface area contributed by atoms with E-state index in [-0.39, 0.29) is 6.54 Å². The molecule has 0 aliphatic carbocycles. The number of alkyl halides is 3. The molecule has 0 amide bonds. The molecule has 2 N–H and O–H groups in total. The van der Waals surface area contributed by atoms with Crippen molar-refractivity contribution in [1.29, 1.82) is 0 Å². The van der Waals surface area contributed by atoms with Gasteiger partial charge in [-0.3, -0.25) is 4.98 Å². The van der Waals surface area contributed by atoms with E-state index in [1.54, 1.807) is 42.4 Å². The molecule has 0 aliphatic heterocycles. The average Bonchev–Trinajstić information content (AvgIpc) is 2.35. The van der Waals surface area contributed by atoms with Gasteiger partial charge in [-0.15, -0.1) is 0 Å². The molecule has 1 heterocycles. The number of nitrogens with two attached hydrogens (primary N) is 1. The molecule has 6 heteroatoms. The summed E-state index contributed by atoms with van der Waals surface area (Å²) >= 11 is 0. The maximum atomic E-state index is 12.3. The summed E-state index contributed by atoms with van der Waals surface area (Å²) in [7, 11) is 1.63. The minimum atomic E-state index is -4.16. The van der Waals surface area contributed by atoms with Crippen LogP contribution in [0, 0.1) is 0 Å². The zero-order valence-corrected chi connectivity index (χ0v) is 10.4. The number of hydrogen-bond donors (Lipinski definition) is 1. The number of nitrogens with zero attached hydrogens (tertiary/aromatic N) is 2. The van der Waals surface area contributed by atoms with Gasteiger partial charge >= 0.3 is 6.18 Å². The van der Waals surface area contributed by atoms with Crippen molar-refractivity contribution in [2.24, 2.45) is 0 Å². The van der Waals surface area contributed by atoms with E-state index in [0.29, 0.717) is 16.9 Å². The zero-order chi connectivity index (χ0) is 14.0. The molecule has 0 bridgehead atoms. The lowest BCUT2D eigenvalue weighted by molar-refractivity contribution is -0.132. The molecule has 102 valence electrons.